The lowest BCUT2D eigenvalue weighted by molar-refractivity contribution is -0.141. The van der Waals surface area contributed by atoms with Crippen molar-refractivity contribution in [2.24, 2.45) is 0 Å². The Morgan fingerprint density at radius 3 is 2.48 bits per heavy atom. The van der Waals surface area contributed by atoms with Crippen LogP contribution in [0.15, 0.2) is 48.5 Å². The summed E-state index contributed by atoms with van der Waals surface area (Å²) >= 11 is 14.1. The predicted molar refractivity (Wildman–Crippen MR) is 132 cm³/mol. The van der Waals surface area contributed by atoms with Crippen LogP contribution in [0, 0.1) is 0 Å². The van der Waals surface area contributed by atoms with Crippen LogP contribution in [-0.4, -0.2) is 35.1 Å². The number of carbonyl (C=O) groups excluding carboxylic acids is 2. The van der Waals surface area contributed by atoms with Gasteiger partial charge in [0.2, 0.25) is 11.8 Å². The van der Waals surface area contributed by atoms with E-state index >= 15 is 0 Å². The van der Waals surface area contributed by atoms with E-state index in [0.717, 1.165) is 17.7 Å². The molecule has 1 atom stereocenters. The normalized spacial score (nSPS) is 11.7. The number of hydrogen-bond acceptors (Lipinski definition) is 3. The Morgan fingerprint density at radius 1 is 1.10 bits per heavy atom. The molecule has 1 unspecified atom stereocenters. The number of benzene rings is 2. The van der Waals surface area contributed by atoms with Gasteiger partial charge in [0.1, 0.15) is 6.04 Å². The van der Waals surface area contributed by atoms with Gasteiger partial charge >= 0.3 is 0 Å². The van der Waals surface area contributed by atoms with Gasteiger partial charge in [-0.05, 0) is 36.1 Å². The molecule has 2 aromatic carbocycles. The molecule has 2 rings (SSSR count). The maximum absolute atomic E-state index is 13.2. The number of nitrogens with one attached hydrogen (secondary N) is 1. The van der Waals surface area contributed by atoms with Crippen molar-refractivity contribution in [3.8, 4) is 0 Å². The Labute approximate surface area is 199 Å². The number of hydrogen-bond donors (Lipinski definition) is 1. The third kappa shape index (κ3) is 8.40. The molecule has 2 amide bonds. The Balaban J connectivity index is 2.08. The first kappa shape index (κ1) is 25.6. The van der Waals surface area contributed by atoms with E-state index in [4.69, 9.17) is 23.2 Å². The Morgan fingerprint density at radius 2 is 1.84 bits per heavy atom. The second kappa shape index (κ2) is 13.7. The highest BCUT2D eigenvalue weighted by Crippen LogP contribution is 2.24. The molecule has 0 heterocycles. The minimum absolute atomic E-state index is 0.0509. The summed E-state index contributed by atoms with van der Waals surface area (Å²) < 4.78 is 0. The van der Waals surface area contributed by atoms with E-state index < -0.39 is 6.04 Å². The molecule has 0 radical (unpaired) electrons. The zero-order valence-electron chi connectivity index (χ0n) is 18.1. The summed E-state index contributed by atoms with van der Waals surface area (Å²) in [6, 6.07) is 14.9. The summed E-state index contributed by atoms with van der Waals surface area (Å²) in [6.45, 7) is 4.79. The fraction of sp³-hybridized carbons (Fsp3) is 0.417. The zero-order chi connectivity index (χ0) is 22.6. The van der Waals surface area contributed by atoms with Gasteiger partial charge in [-0.2, -0.15) is 11.8 Å². The highest BCUT2D eigenvalue weighted by Gasteiger charge is 2.28. The minimum atomic E-state index is -0.537. The van der Waals surface area contributed by atoms with Gasteiger partial charge in [-0.15, -0.1) is 0 Å². The fourth-order valence-corrected chi connectivity index (χ4v) is 4.55. The van der Waals surface area contributed by atoms with Crippen molar-refractivity contribution in [1.29, 1.82) is 0 Å². The Kier molecular flexibility index (Phi) is 11.3. The monoisotopic (exact) mass is 480 g/mol. The van der Waals surface area contributed by atoms with Gasteiger partial charge in [0, 0.05) is 41.1 Å². The predicted octanol–water partition coefficient (Wildman–Crippen LogP) is 5.95. The van der Waals surface area contributed by atoms with Crippen LogP contribution in [0.5, 0.6) is 0 Å². The molecule has 4 nitrogen and oxygen atoms in total. The van der Waals surface area contributed by atoms with Crippen LogP contribution in [-0.2, 0) is 21.9 Å². The van der Waals surface area contributed by atoms with Crippen LogP contribution in [0.4, 0.5) is 0 Å². The SMILES string of the molecule is CCCNC(=O)C(CC)N(Cc1ccc(Cl)cc1Cl)C(=O)CCSCc1ccccc1. The lowest BCUT2D eigenvalue weighted by Crippen LogP contribution is -2.49. The topological polar surface area (TPSA) is 49.4 Å². The Hall–Kier alpha value is -1.69. The van der Waals surface area contributed by atoms with Crippen molar-refractivity contribution < 1.29 is 9.59 Å². The standard InChI is InChI=1S/C24H30Cl2N2O2S/c1-3-13-27-24(30)22(4-2)28(16-19-10-11-20(25)15-21(19)26)23(29)12-14-31-17-18-8-6-5-7-9-18/h5-11,15,22H,3-4,12-14,16-17H2,1-2H3,(H,27,30). The van der Waals surface area contributed by atoms with Crippen LogP contribution in [0.25, 0.3) is 0 Å². The molecule has 31 heavy (non-hydrogen) atoms. The molecule has 0 aromatic heterocycles. The zero-order valence-corrected chi connectivity index (χ0v) is 20.4. The first-order chi connectivity index (χ1) is 15.0. The first-order valence-electron chi connectivity index (χ1n) is 10.6. The van der Waals surface area contributed by atoms with E-state index in [2.05, 4.69) is 17.4 Å². The van der Waals surface area contributed by atoms with Crippen molar-refractivity contribution >= 4 is 46.8 Å². The van der Waals surface area contributed by atoms with Gasteiger partial charge in [0.25, 0.3) is 0 Å². The number of rotatable bonds is 12. The summed E-state index contributed by atoms with van der Waals surface area (Å²) in [7, 11) is 0. The summed E-state index contributed by atoms with van der Waals surface area (Å²) in [5.41, 5.74) is 2.01. The van der Waals surface area contributed by atoms with Crippen LogP contribution >= 0.6 is 35.0 Å². The lowest BCUT2D eigenvalue weighted by Gasteiger charge is -2.31. The second-order valence-corrected chi connectivity index (χ2v) is 9.21. The number of amides is 2. The second-order valence-electron chi connectivity index (χ2n) is 7.26. The van der Waals surface area contributed by atoms with Gasteiger partial charge in [-0.1, -0.05) is 73.4 Å². The minimum Gasteiger partial charge on any atom is -0.354 e. The van der Waals surface area contributed by atoms with Crippen LogP contribution in [0.2, 0.25) is 10.0 Å². The highest BCUT2D eigenvalue weighted by molar-refractivity contribution is 7.98. The fourth-order valence-electron chi connectivity index (χ4n) is 3.19. The summed E-state index contributed by atoms with van der Waals surface area (Å²) in [5, 5.41) is 3.96. The molecule has 0 spiro atoms. The van der Waals surface area contributed by atoms with E-state index in [-0.39, 0.29) is 18.4 Å². The van der Waals surface area contributed by atoms with E-state index in [1.165, 1.54) is 5.56 Å². The molecule has 0 fully saturated rings. The Bertz CT molecular complexity index is 849. The maximum atomic E-state index is 13.2. The molecule has 0 saturated carbocycles. The van der Waals surface area contributed by atoms with E-state index in [1.807, 2.05) is 38.1 Å². The van der Waals surface area contributed by atoms with E-state index in [9.17, 15) is 9.59 Å². The van der Waals surface area contributed by atoms with Crippen molar-refractivity contribution in [3.63, 3.8) is 0 Å². The van der Waals surface area contributed by atoms with Gasteiger partial charge in [-0.25, -0.2) is 0 Å². The van der Waals surface area contributed by atoms with Crippen molar-refractivity contribution in [3.05, 3.63) is 69.7 Å². The summed E-state index contributed by atoms with van der Waals surface area (Å²) in [5.74, 6) is 1.36. The largest absolute Gasteiger partial charge is 0.354 e. The number of halogens is 2. The molecule has 0 aliphatic carbocycles. The molecule has 1 N–H and O–H groups in total. The molecule has 7 heteroatoms. The number of nitrogens with zero attached hydrogens (tertiary/aromatic N) is 1. The third-order valence-corrected chi connectivity index (χ3v) is 6.48. The highest BCUT2D eigenvalue weighted by atomic mass is 35.5. The molecular formula is C24H30Cl2N2O2S. The van der Waals surface area contributed by atoms with Crippen molar-refractivity contribution in [2.45, 2.75) is 51.4 Å². The molecule has 0 saturated heterocycles. The van der Waals surface area contributed by atoms with Crippen LogP contribution in [0.1, 0.15) is 44.2 Å². The quantitative estimate of drug-likeness (QED) is 0.381. The maximum Gasteiger partial charge on any atom is 0.242 e. The lowest BCUT2D eigenvalue weighted by atomic mass is 10.1. The first-order valence-corrected chi connectivity index (χ1v) is 12.5. The third-order valence-electron chi connectivity index (χ3n) is 4.86. The molecule has 0 bridgehead atoms. The molecule has 168 valence electrons. The smallest absolute Gasteiger partial charge is 0.242 e. The number of thioether (sulfide) groups is 1. The van der Waals surface area contributed by atoms with E-state index in [1.54, 1.807) is 28.8 Å². The molecule has 0 aliphatic rings. The van der Waals surface area contributed by atoms with Crippen molar-refractivity contribution in [2.75, 3.05) is 12.3 Å². The van der Waals surface area contributed by atoms with Gasteiger partial charge in [0.05, 0.1) is 0 Å². The average molecular weight is 481 g/mol. The van der Waals surface area contributed by atoms with E-state index in [0.29, 0.717) is 35.2 Å². The van der Waals surface area contributed by atoms with Gasteiger partial charge in [0.15, 0.2) is 0 Å². The van der Waals surface area contributed by atoms with Crippen LogP contribution < -0.4 is 5.32 Å². The van der Waals surface area contributed by atoms with Gasteiger partial charge in [-0.3, -0.25) is 9.59 Å². The molecule has 0 aliphatic heterocycles. The summed E-state index contributed by atoms with van der Waals surface area (Å²) in [6.07, 6.45) is 1.74. The number of carbonyl (C=O) groups is 2. The molecular weight excluding hydrogens is 451 g/mol. The van der Waals surface area contributed by atoms with Crippen LogP contribution in [0.3, 0.4) is 0 Å². The van der Waals surface area contributed by atoms with Gasteiger partial charge < -0.3 is 10.2 Å². The summed E-state index contributed by atoms with van der Waals surface area (Å²) in [4.78, 5) is 27.6. The average Bonchev–Trinajstić information content (AvgIpc) is 2.77. The molecule has 2 aromatic rings. The van der Waals surface area contributed by atoms with Crippen molar-refractivity contribution in [1.82, 2.24) is 10.2 Å².